The first kappa shape index (κ1) is 44.4. The summed E-state index contributed by atoms with van der Waals surface area (Å²) in [5.41, 5.74) is 1.02. The number of nitrogens with zero attached hydrogens (tertiary/aromatic N) is 2. The number of carbonyl (C=O) groups excluding carboxylic acids is 3. The molecule has 2 aromatic rings. The van der Waals surface area contributed by atoms with Crippen LogP contribution in [0.4, 0.5) is 4.79 Å². The summed E-state index contributed by atoms with van der Waals surface area (Å²) in [6.07, 6.45) is 2.48. The molecule has 0 bridgehead atoms. The smallest absolute Gasteiger partial charge is 0.340 e. The van der Waals surface area contributed by atoms with Crippen LogP contribution >= 0.6 is 27.0 Å². The Morgan fingerprint density at radius 1 is 0.849 bits per heavy atom. The second-order valence-electron chi connectivity index (χ2n) is 13.2. The molecule has 0 aromatic heterocycles. The Bertz CT molecular complexity index is 1710. The molecule has 6 N–H and O–H groups in total. The molecular weight excluding hydrogens is 766 g/mol. The average Bonchev–Trinajstić information content (AvgIpc) is 3.10. The summed E-state index contributed by atoms with van der Waals surface area (Å²) in [6, 6.07) is 15.5. The third kappa shape index (κ3) is 15.3. The lowest BCUT2D eigenvalue weighted by atomic mass is 10.0. The van der Waals surface area contributed by atoms with Crippen LogP contribution < -0.4 is 10.6 Å². The molecule has 0 radical (unpaired) electrons. The molecule has 294 valence electrons. The highest BCUT2D eigenvalue weighted by atomic mass is 32.2. The molecule has 0 aliphatic carbocycles. The van der Waals surface area contributed by atoms with Crippen LogP contribution in [0, 0.1) is 5.92 Å². The lowest BCUT2D eigenvalue weighted by Gasteiger charge is -2.35. The minimum absolute atomic E-state index is 0.0363. The van der Waals surface area contributed by atoms with Crippen molar-refractivity contribution < 1.29 is 51.5 Å². The molecule has 15 nitrogen and oxygen atoms in total. The number of benzene rings is 2. The van der Waals surface area contributed by atoms with E-state index in [4.69, 9.17) is 0 Å². The number of aryl methyl sites for hydroxylation is 1. The number of rotatable bonds is 19. The molecule has 0 saturated carbocycles. The lowest BCUT2D eigenvalue weighted by molar-refractivity contribution is -0.129. The first-order valence-electron chi connectivity index (χ1n) is 17.2. The Hall–Kier alpha value is -3.01. The molecule has 1 heterocycles. The molecule has 3 rings (SSSR count). The van der Waals surface area contributed by atoms with Gasteiger partial charge in [0.05, 0.1) is 10.6 Å². The van der Waals surface area contributed by atoms with Crippen LogP contribution in [0.1, 0.15) is 45.1 Å². The number of carbonyl (C=O) groups is 3. The summed E-state index contributed by atoms with van der Waals surface area (Å²) in [5.74, 6) is -0.320. The third-order valence-electron chi connectivity index (χ3n) is 8.47. The van der Waals surface area contributed by atoms with E-state index < -0.39 is 54.5 Å². The van der Waals surface area contributed by atoms with Crippen LogP contribution in [-0.2, 0) is 35.0 Å². The van der Waals surface area contributed by atoms with E-state index in [9.17, 15) is 51.5 Å². The van der Waals surface area contributed by atoms with Gasteiger partial charge in [-0.3, -0.25) is 18.7 Å². The van der Waals surface area contributed by atoms with Gasteiger partial charge in [0, 0.05) is 37.6 Å². The first-order chi connectivity index (χ1) is 24.9. The molecular formula is C34H50N4O11P2S2. The zero-order chi connectivity index (χ0) is 39.2. The minimum atomic E-state index is -4.99. The third-order valence-corrected chi connectivity index (χ3v) is 14.8. The standard InChI is InChI=1S/C34H50N4O11P2S2/c1-26(2)24-30(33(40)35-28(16-15-27-10-5-3-6-11-27)17-23-53(48,49)29-12-7-4-8-13-29)36-34(41)38-20-18-37(19-21-38)31(39)25-52-22-9-14-32(50(42,43)44)51(45,46)47/h3-8,10-13,17,23,26,28,30,32H,9,14-16,18-22,24-25H2,1-2H3,(H,35,40)(H,36,41)(H2,42,43,44)(H2,45,46,47)/b23-17+/t28-,30-/m0/s1. The highest BCUT2D eigenvalue weighted by molar-refractivity contribution is 7.99. The normalized spacial score (nSPS) is 15.5. The van der Waals surface area contributed by atoms with Crippen molar-refractivity contribution in [1.82, 2.24) is 20.4 Å². The average molecular weight is 817 g/mol. The predicted molar refractivity (Wildman–Crippen MR) is 204 cm³/mol. The van der Waals surface area contributed by atoms with E-state index in [0.717, 1.165) is 11.0 Å². The molecule has 1 aliphatic rings. The van der Waals surface area contributed by atoms with Gasteiger partial charge in [0.25, 0.3) is 0 Å². The Morgan fingerprint density at radius 2 is 1.42 bits per heavy atom. The number of hydrogen-bond acceptors (Lipinski definition) is 8. The maximum atomic E-state index is 13.7. The second-order valence-corrected chi connectivity index (χ2v) is 20.1. The lowest BCUT2D eigenvalue weighted by Crippen LogP contribution is -2.57. The molecule has 1 aliphatic heterocycles. The largest absolute Gasteiger partial charge is 0.348 e. The molecule has 19 heteroatoms. The van der Waals surface area contributed by atoms with Gasteiger partial charge < -0.3 is 40.0 Å². The quantitative estimate of drug-likeness (QED) is 0.0884. The minimum Gasteiger partial charge on any atom is -0.348 e. The Labute approximate surface area is 315 Å². The number of amides is 4. The van der Waals surface area contributed by atoms with Crippen molar-refractivity contribution in [2.75, 3.05) is 37.7 Å². The van der Waals surface area contributed by atoms with Crippen LogP contribution in [0.3, 0.4) is 0 Å². The van der Waals surface area contributed by atoms with Crippen LogP contribution in [0.5, 0.6) is 0 Å². The van der Waals surface area contributed by atoms with E-state index >= 15 is 0 Å². The molecule has 4 amide bonds. The molecule has 1 saturated heterocycles. The summed E-state index contributed by atoms with van der Waals surface area (Å²) in [7, 11) is -13.8. The summed E-state index contributed by atoms with van der Waals surface area (Å²) in [5, 5.41) is 4.80. The monoisotopic (exact) mass is 816 g/mol. The van der Waals surface area contributed by atoms with Gasteiger partial charge in [-0.05, 0) is 61.5 Å². The highest BCUT2D eigenvalue weighted by Crippen LogP contribution is 2.61. The molecule has 1 fully saturated rings. The van der Waals surface area contributed by atoms with E-state index in [2.05, 4.69) is 10.6 Å². The van der Waals surface area contributed by atoms with Gasteiger partial charge in [-0.25, -0.2) is 13.2 Å². The first-order valence-corrected chi connectivity index (χ1v) is 23.3. The fraction of sp³-hybridized carbons (Fsp3) is 0.500. The molecule has 0 unspecified atom stereocenters. The number of nitrogens with one attached hydrogen (secondary N) is 2. The van der Waals surface area contributed by atoms with E-state index in [-0.39, 0.29) is 67.2 Å². The molecule has 0 spiro atoms. The van der Waals surface area contributed by atoms with Gasteiger partial charge in [0.2, 0.25) is 11.8 Å². The fourth-order valence-corrected chi connectivity index (χ4v) is 10.2. The van der Waals surface area contributed by atoms with Gasteiger partial charge in [0.1, 0.15) is 6.04 Å². The van der Waals surface area contributed by atoms with Crippen molar-refractivity contribution in [3.8, 4) is 0 Å². The van der Waals surface area contributed by atoms with E-state index in [1.807, 2.05) is 44.2 Å². The van der Waals surface area contributed by atoms with Gasteiger partial charge in [-0.2, -0.15) is 11.8 Å². The van der Waals surface area contributed by atoms with Crippen molar-refractivity contribution in [3.05, 3.63) is 77.7 Å². The number of sulfone groups is 1. The van der Waals surface area contributed by atoms with E-state index in [0.29, 0.717) is 19.3 Å². The van der Waals surface area contributed by atoms with Crippen molar-refractivity contribution in [2.24, 2.45) is 5.92 Å². The van der Waals surface area contributed by atoms with Gasteiger partial charge in [0.15, 0.2) is 15.2 Å². The Kier molecular flexibility index (Phi) is 17.3. The van der Waals surface area contributed by atoms with Crippen LogP contribution in [0.25, 0.3) is 0 Å². The summed E-state index contributed by atoms with van der Waals surface area (Å²) >= 11 is 1.18. The highest BCUT2D eigenvalue weighted by Gasteiger charge is 2.42. The maximum Gasteiger partial charge on any atom is 0.340 e. The van der Waals surface area contributed by atoms with Crippen LogP contribution in [0.2, 0.25) is 0 Å². The van der Waals surface area contributed by atoms with Crippen molar-refractivity contribution >= 4 is 54.6 Å². The Balaban J connectivity index is 1.56. The molecule has 53 heavy (non-hydrogen) atoms. The number of hydrogen-bond donors (Lipinski definition) is 6. The van der Waals surface area contributed by atoms with Crippen molar-refractivity contribution in [1.29, 1.82) is 0 Å². The van der Waals surface area contributed by atoms with Crippen LogP contribution in [-0.4, -0.2) is 111 Å². The number of thioether (sulfide) groups is 1. The van der Waals surface area contributed by atoms with Crippen LogP contribution in [0.15, 0.2) is 77.0 Å². The zero-order valence-corrected chi connectivity index (χ0v) is 33.2. The van der Waals surface area contributed by atoms with Gasteiger partial charge in [-0.15, -0.1) is 0 Å². The van der Waals surface area contributed by atoms with E-state index in [1.165, 1.54) is 34.9 Å². The second kappa shape index (κ2) is 20.6. The van der Waals surface area contributed by atoms with Crippen molar-refractivity contribution in [2.45, 2.75) is 68.3 Å². The Morgan fingerprint density at radius 3 is 1.98 bits per heavy atom. The van der Waals surface area contributed by atoms with E-state index in [1.54, 1.807) is 23.1 Å². The summed E-state index contributed by atoms with van der Waals surface area (Å²) < 4.78 is 48.9. The maximum absolute atomic E-state index is 13.7. The summed E-state index contributed by atoms with van der Waals surface area (Å²) in [4.78, 5) is 80.0. The predicted octanol–water partition coefficient (Wildman–Crippen LogP) is 3.56. The fourth-order valence-electron chi connectivity index (χ4n) is 5.61. The summed E-state index contributed by atoms with van der Waals surface area (Å²) in [6.45, 7) is 4.75. The molecule has 2 aromatic carbocycles. The van der Waals surface area contributed by atoms with Gasteiger partial charge in [-0.1, -0.05) is 68.5 Å². The number of urea groups is 1. The SMILES string of the molecule is CC(C)C[C@H](NC(=O)N1CCN(C(=O)CSCCCC(P(=O)(O)O)P(=O)(O)O)CC1)C(=O)N[C@H](/C=C/S(=O)(=O)c1ccccc1)CCc1ccccc1. The zero-order valence-electron chi connectivity index (χ0n) is 29.8. The van der Waals surface area contributed by atoms with Gasteiger partial charge >= 0.3 is 21.2 Å². The topological polar surface area (TPSA) is 231 Å². The van der Waals surface area contributed by atoms with Crippen molar-refractivity contribution in [3.63, 3.8) is 0 Å². The molecule has 2 atom stereocenters. The number of piperazine rings is 1.